The fourth-order valence-corrected chi connectivity index (χ4v) is 1.92. The topological polar surface area (TPSA) is 78.4 Å². The van der Waals surface area contributed by atoms with Crippen molar-refractivity contribution in [2.24, 2.45) is 4.99 Å². The molecule has 0 saturated heterocycles. The number of carbonyl (C=O) groups excluding carboxylic acids is 1. The second-order valence-corrected chi connectivity index (χ2v) is 6.48. The van der Waals surface area contributed by atoms with Gasteiger partial charge in [0.1, 0.15) is 6.54 Å². The Labute approximate surface area is 139 Å². The molecule has 0 saturated carbocycles. The molecule has 1 heterocycles. The summed E-state index contributed by atoms with van der Waals surface area (Å²) in [7, 11) is 0. The van der Waals surface area contributed by atoms with Gasteiger partial charge in [0.15, 0.2) is 5.96 Å². The normalized spacial score (nSPS) is 12.0. The van der Waals surface area contributed by atoms with Crippen LogP contribution in [0.3, 0.4) is 0 Å². The Balaban J connectivity index is 2.45. The van der Waals surface area contributed by atoms with Crippen LogP contribution in [0.4, 0.5) is 0 Å². The zero-order valence-corrected chi connectivity index (χ0v) is 14.9. The van der Waals surface area contributed by atoms with Gasteiger partial charge in [0.2, 0.25) is 5.91 Å². The number of rotatable bonds is 6. The van der Waals surface area contributed by atoms with Crippen LogP contribution in [0.2, 0.25) is 0 Å². The molecule has 0 aliphatic heterocycles. The third kappa shape index (κ3) is 8.80. The highest BCUT2D eigenvalue weighted by Crippen LogP contribution is 1.99. The van der Waals surface area contributed by atoms with Crippen LogP contribution in [0.5, 0.6) is 0 Å². The SMILES string of the molecule is CCNC(=NCC(=O)NC(C)(C)C)NCCc1ccc(C)nc1. The molecular weight excluding hydrogens is 290 g/mol. The van der Waals surface area contributed by atoms with Gasteiger partial charge in [-0.15, -0.1) is 0 Å². The number of nitrogens with one attached hydrogen (secondary N) is 3. The lowest BCUT2D eigenvalue weighted by atomic mass is 10.1. The van der Waals surface area contributed by atoms with Crippen molar-refractivity contribution < 1.29 is 4.79 Å². The minimum absolute atomic E-state index is 0.0857. The van der Waals surface area contributed by atoms with Gasteiger partial charge < -0.3 is 16.0 Å². The number of hydrogen-bond acceptors (Lipinski definition) is 3. The summed E-state index contributed by atoms with van der Waals surface area (Å²) in [4.78, 5) is 20.4. The molecule has 0 fully saturated rings. The van der Waals surface area contributed by atoms with Gasteiger partial charge in [-0.3, -0.25) is 9.78 Å². The van der Waals surface area contributed by atoms with Gasteiger partial charge in [-0.1, -0.05) is 6.07 Å². The Morgan fingerprint density at radius 2 is 2.00 bits per heavy atom. The summed E-state index contributed by atoms with van der Waals surface area (Å²) in [6, 6.07) is 4.08. The molecule has 0 aromatic carbocycles. The predicted octanol–water partition coefficient (Wildman–Crippen LogP) is 1.40. The molecule has 0 radical (unpaired) electrons. The highest BCUT2D eigenvalue weighted by atomic mass is 16.2. The standard InChI is InChI=1S/C17H29N5O/c1-6-18-16(21-12-15(23)22-17(3,4)5)19-10-9-14-8-7-13(2)20-11-14/h7-8,11H,6,9-10,12H2,1-5H3,(H,22,23)(H2,18,19,21). The number of pyridine rings is 1. The second kappa shape index (κ2) is 9.12. The third-order valence-corrected chi connectivity index (χ3v) is 2.92. The molecule has 128 valence electrons. The summed E-state index contributed by atoms with van der Waals surface area (Å²) in [5.74, 6) is 0.564. The van der Waals surface area contributed by atoms with Gasteiger partial charge in [0, 0.05) is 30.5 Å². The van der Waals surface area contributed by atoms with Crippen LogP contribution in [0.15, 0.2) is 23.3 Å². The maximum Gasteiger partial charge on any atom is 0.242 e. The van der Waals surface area contributed by atoms with Crippen molar-refractivity contribution in [2.75, 3.05) is 19.6 Å². The predicted molar refractivity (Wildman–Crippen MR) is 94.6 cm³/mol. The number of nitrogens with zero attached hydrogens (tertiary/aromatic N) is 2. The van der Waals surface area contributed by atoms with Crippen molar-refractivity contribution in [2.45, 2.75) is 46.6 Å². The van der Waals surface area contributed by atoms with E-state index in [1.807, 2.05) is 46.9 Å². The number of hydrogen-bond donors (Lipinski definition) is 3. The molecule has 6 heteroatoms. The molecule has 1 rings (SSSR count). The first-order valence-electron chi connectivity index (χ1n) is 8.05. The van der Waals surface area contributed by atoms with E-state index >= 15 is 0 Å². The van der Waals surface area contributed by atoms with Gasteiger partial charge in [-0.05, 0) is 52.7 Å². The number of aromatic nitrogens is 1. The summed E-state index contributed by atoms with van der Waals surface area (Å²) < 4.78 is 0. The summed E-state index contributed by atoms with van der Waals surface area (Å²) in [5, 5.41) is 9.27. The lowest BCUT2D eigenvalue weighted by Crippen LogP contribution is -2.43. The lowest BCUT2D eigenvalue weighted by Gasteiger charge is -2.20. The van der Waals surface area contributed by atoms with Gasteiger partial charge in [-0.25, -0.2) is 4.99 Å². The molecule has 6 nitrogen and oxygen atoms in total. The molecule has 0 bridgehead atoms. The number of amides is 1. The fourth-order valence-electron chi connectivity index (χ4n) is 1.92. The smallest absolute Gasteiger partial charge is 0.242 e. The number of aryl methyl sites for hydroxylation is 1. The van der Waals surface area contributed by atoms with Gasteiger partial charge in [0.05, 0.1) is 0 Å². The second-order valence-electron chi connectivity index (χ2n) is 6.48. The van der Waals surface area contributed by atoms with Crippen LogP contribution in [0, 0.1) is 6.92 Å². The molecular formula is C17H29N5O. The van der Waals surface area contributed by atoms with E-state index in [0.29, 0.717) is 5.96 Å². The minimum Gasteiger partial charge on any atom is -0.357 e. The van der Waals surface area contributed by atoms with E-state index < -0.39 is 0 Å². The van der Waals surface area contributed by atoms with Gasteiger partial charge in [0.25, 0.3) is 0 Å². The Morgan fingerprint density at radius 1 is 1.26 bits per heavy atom. The molecule has 23 heavy (non-hydrogen) atoms. The fraction of sp³-hybridized carbons (Fsp3) is 0.588. The summed E-state index contributed by atoms with van der Waals surface area (Å²) in [5.41, 5.74) is 1.95. The van der Waals surface area contributed by atoms with Gasteiger partial charge >= 0.3 is 0 Å². The number of guanidine groups is 1. The maximum absolute atomic E-state index is 11.8. The van der Waals surface area contributed by atoms with Crippen molar-refractivity contribution in [3.63, 3.8) is 0 Å². The number of aliphatic imine (C=N–C) groups is 1. The largest absolute Gasteiger partial charge is 0.357 e. The van der Waals surface area contributed by atoms with Crippen LogP contribution in [0.1, 0.15) is 39.0 Å². The monoisotopic (exact) mass is 319 g/mol. The molecule has 0 spiro atoms. The van der Waals surface area contributed by atoms with Crippen LogP contribution >= 0.6 is 0 Å². The first-order chi connectivity index (χ1) is 10.8. The molecule has 0 aliphatic rings. The Morgan fingerprint density at radius 3 is 2.57 bits per heavy atom. The molecule has 0 atom stereocenters. The highest BCUT2D eigenvalue weighted by Gasteiger charge is 2.13. The zero-order valence-electron chi connectivity index (χ0n) is 14.9. The highest BCUT2D eigenvalue weighted by molar-refractivity contribution is 5.85. The Bertz CT molecular complexity index is 517. The van der Waals surface area contributed by atoms with E-state index in [1.54, 1.807) is 0 Å². The van der Waals surface area contributed by atoms with Crippen molar-refractivity contribution in [3.8, 4) is 0 Å². The number of carbonyl (C=O) groups is 1. The maximum atomic E-state index is 11.8. The molecule has 3 N–H and O–H groups in total. The Kier molecular flexibility index (Phi) is 7.51. The average molecular weight is 319 g/mol. The van der Waals surface area contributed by atoms with Crippen LogP contribution in [-0.2, 0) is 11.2 Å². The molecule has 1 amide bonds. The van der Waals surface area contributed by atoms with E-state index in [2.05, 4.69) is 32.0 Å². The van der Waals surface area contributed by atoms with Crippen LogP contribution < -0.4 is 16.0 Å². The Hall–Kier alpha value is -2.11. The van der Waals surface area contributed by atoms with Crippen LogP contribution in [0.25, 0.3) is 0 Å². The summed E-state index contributed by atoms with van der Waals surface area (Å²) in [6.07, 6.45) is 2.74. The van der Waals surface area contributed by atoms with Crippen LogP contribution in [-0.4, -0.2) is 42.0 Å². The lowest BCUT2D eigenvalue weighted by molar-refractivity contribution is -0.121. The first kappa shape index (κ1) is 18.9. The third-order valence-electron chi connectivity index (χ3n) is 2.92. The van der Waals surface area contributed by atoms with Crippen molar-refractivity contribution in [1.82, 2.24) is 20.9 Å². The first-order valence-corrected chi connectivity index (χ1v) is 8.05. The van der Waals surface area contributed by atoms with E-state index in [0.717, 1.165) is 25.2 Å². The van der Waals surface area contributed by atoms with Crippen molar-refractivity contribution in [1.29, 1.82) is 0 Å². The van der Waals surface area contributed by atoms with Crippen molar-refractivity contribution >= 4 is 11.9 Å². The zero-order chi connectivity index (χ0) is 17.3. The molecule has 0 unspecified atom stereocenters. The quantitative estimate of drug-likeness (QED) is 0.547. The van der Waals surface area contributed by atoms with E-state index in [1.165, 1.54) is 5.56 Å². The molecule has 0 aliphatic carbocycles. The summed E-state index contributed by atoms with van der Waals surface area (Å²) in [6.45, 7) is 11.4. The minimum atomic E-state index is -0.239. The van der Waals surface area contributed by atoms with E-state index in [9.17, 15) is 4.79 Å². The van der Waals surface area contributed by atoms with E-state index in [4.69, 9.17) is 0 Å². The average Bonchev–Trinajstić information content (AvgIpc) is 2.45. The summed E-state index contributed by atoms with van der Waals surface area (Å²) >= 11 is 0. The molecule has 1 aromatic rings. The molecule has 1 aromatic heterocycles. The van der Waals surface area contributed by atoms with E-state index in [-0.39, 0.29) is 18.0 Å². The van der Waals surface area contributed by atoms with Gasteiger partial charge in [-0.2, -0.15) is 0 Å². The van der Waals surface area contributed by atoms with Crippen molar-refractivity contribution in [3.05, 3.63) is 29.6 Å².